The van der Waals surface area contributed by atoms with Crippen LogP contribution < -0.4 is 18.9 Å². The number of benzene rings is 4. The molecule has 5 heteroatoms. The molecule has 268 valence electrons. The van der Waals surface area contributed by atoms with Crippen LogP contribution in [-0.4, -0.2) is 19.9 Å². The second-order valence-electron chi connectivity index (χ2n) is 15.6. The molecule has 4 aromatic carbocycles. The lowest BCUT2D eigenvalue weighted by atomic mass is 9.84. The zero-order chi connectivity index (χ0) is 37.6. The molecule has 0 saturated carbocycles. The summed E-state index contributed by atoms with van der Waals surface area (Å²) in [5.74, 6) is 0.137. The smallest absolute Gasteiger partial charge is 0.261 e. The minimum Gasteiger partial charge on any atom is -0.347 e. The van der Waals surface area contributed by atoms with Crippen LogP contribution in [0.25, 0.3) is 34.0 Å². The molecule has 0 N–H and O–H groups in total. The summed E-state index contributed by atoms with van der Waals surface area (Å²) in [6.07, 6.45) is 17.2. The van der Waals surface area contributed by atoms with Crippen LogP contribution in [0.1, 0.15) is 49.9 Å². The van der Waals surface area contributed by atoms with Crippen LogP contribution in [0.4, 0.5) is 11.4 Å². The van der Waals surface area contributed by atoms with Crippen LogP contribution in [0.15, 0.2) is 157 Å². The van der Waals surface area contributed by atoms with Gasteiger partial charge in [-0.05, 0) is 58.7 Å². The van der Waals surface area contributed by atoms with E-state index in [1.165, 1.54) is 33.9 Å². The van der Waals surface area contributed by atoms with Gasteiger partial charge in [0.25, 0.3) is 5.78 Å². The van der Waals surface area contributed by atoms with E-state index < -0.39 is 0 Å². The molecule has 0 spiro atoms. The van der Waals surface area contributed by atoms with E-state index >= 15 is 0 Å². The first-order valence-electron chi connectivity index (χ1n) is 18.8. The van der Waals surface area contributed by atoms with Gasteiger partial charge in [-0.3, -0.25) is 4.79 Å². The van der Waals surface area contributed by atoms with Crippen molar-refractivity contribution in [2.75, 3.05) is 23.9 Å². The van der Waals surface area contributed by atoms with Gasteiger partial charge in [-0.25, -0.2) is 0 Å². The highest BCUT2D eigenvalue weighted by molar-refractivity contribution is 5.88. The van der Waals surface area contributed by atoms with E-state index in [0.29, 0.717) is 0 Å². The molecule has 2 aliphatic heterocycles. The number of para-hydroxylation sites is 4. The van der Waals surface area contributed by atoms with Crippen LogP contribution in [0, 0.1) is 0 Å². The lowest BCUT2D eigenvalue weighted by Gasteiger charge is -2.23. The van der Waals surface area contributed by atoms with Crippen LogP contribution in [0.2, 0.25) is 0 Å². The Morgan fingerprint density at radius 1 is 0.556 bits per heavy atom. The second kappa shape index (κ2) is 13.7. The number of ketones is 1. The summed E-state index contributed by atoms with van der Waals surface area (Å²) in [5, 5.41) is 2.23. The Hall–Kier alpha value is -6.07. The minimum atomic E-state index is -0.0759. The number of aromatic nitrogens is 2. The zero-order valence-electron chi connectivity index (χ0n) is 32.1. The lowest BCUT2D eigenvalue weighted by molar-refractivity contribution is -0.677. The van der Waals surface area contributed by atoms with Crippen LogP contribution in [-0.2, 0) is 28.7 Å². The van der Waals surface area contributed by atoms with Gasteiger partial charge in [0.2, 0.25) is 24.1 Å². The van der Waals surface area contributed by atoms with Crippen molar-refractivity contribution >= 4 is 51.1 Å². The van der Waals surface area contributed by atoms with Gasteiger partial charge >= 0.3 is 0 Å². The number of allylic oxidation sites excluding steroid dienone is 6. The maximum Gasteiger partial charge on any atom is 0.261 e. The maximum absolute atomic E-state index is 13.8. The molecule has 0 fully saturated rings. The number of carbonyl (C=O) groups is 1. The molecule has 6 aromatic rings. The van der Waals surface area contributed by atoms with Gasteiger partial charge in [0, 0.05) is 72.0 Å². The molecule has 2 aromatic heterocycles. The van der Waals surface area contributed by atoms with Crippen molar-refractivity contribution in [2.24, 2.45) is 0 Å². The Bertz CT molecular complexity index is 2390. The van der Waals surface area contributed by atoms with Gasteiger partial charge in [0.05, 0.1) is 10.8 Å². The molecule has 2 aliphatic rings. The highest BCUT2D eigenvalue weighted by Crippen LogP contribution is 2.47. The van der Waals surface area contributed by atoms with E-state index in [1.54, 1.807) is 0 Å². The molecule has 4 heterocycles. The zero-order valence-corrected chi connectivity index (χ0v) is 32.1. The van der Waals surface area contributed by atoms with Crippen molar-refractivity contribution in [3.8, 4) is 0 Å². The monoisotopic (exact) mass is 708 g/mol. The number of rotatable bonds is 8. The first-order chi connectivity index (χ1) is 26.1. The third kappa shape index (κ3) is 6.04. The van der Waals surface area contributed by atoms with Gasteiger partial charge in [0.15, 0.2) is 12.4 Å². The fourth-order valence-electron chi connectivity index (χ4n) is 8.70. The van der Waals surface area contributed by atoms with Gasteiger partial charge in [-0.15, -0.1) is 0 Å². The van der Waals surface area contributed by atoms with Gasteiger partial charge in [0.1, 0.15) is 0 Å². The molecule has 0 atom stereocenters. The Morgan fingerprint density at radius 3 is 1.37 bits per heavy atom. The summed E-state index contributed by atoms with van der Waals surface area (Å²) in [7, 11) is 4.29. The molecular weight excluding hydrogens is 661 g/mol. The highest BCUT2D eigenvalue weighted by Gasteiger charge is 2.38. The average Bonchev–Trinajstić information content (AvgIpc) is 3.50. The van der Waals surface area contributed by atoms with Crippen LogP contribution >= 0.6 is 0 Å². The van der Waals surface area contributed by atoms with Crippen molar-refractivity contribution < 1.29 is 13.9 Å². The van der Waals surface area contributed by atoms with Crippen molar-refractivity contribution in [3.63, 3.8) is 0 Å². The van der Waals surface area contributed by atoms with Crippen molar-refractivity contribution in [2.45, 2.75) is 51.6 Å². The summed E-state index contributed by atoms with van der Waals surface area (Å²) in [5.41, 5.74) is 11.9. The molecule has 0 bridgehead atoms. The van der Waals surface area contributed by atoms with E-state index in [-0.39, 0.29) is 29.7 Å². The SMILES string of the molecule is CN1/C(=C/C=C/c2cc[n+](CC(=O)C[n+]3ccc(/C=C/C=C4/N(C)c5ccccc5C4(C)C)c4ccccc43)c3ccccc23)C(C)(C)c2ccccc21. The van der Waals surface area contributed by atoms with E-state index in [0.717, 1.165) is 32.9 Å². The number of likely N-dealkylation sites (N-methyl/N-ethyl adjacent to an activating group) is 2. The van der Waals surface area contributed by atoms with Crippen LogP contribution in [0.5, 0.6) is 0 Å². The number of hydrogen-bond acceptors (Lipinski definition) is 3. The largest absolute Gasteiger partial charge is 0.347 e. The van der Waals surface area contributed by atoms with E-state index in [2.05, 4.69) is 194 Å². The number of pyridine rings is 2. The standard InChI is InChI=1S/C49H48N4O/c1-48(2)40-21-9-13-25-44(40)50(5)46(48)27-15-17-35-29-31-52(42-23-11-7-19-38(35)42)33-37(54)34-53-32-30-36(39-20-8-12-24-43(39)53)18-16-28-47-49(3,4)41-22-10-14-26-45(41)51(47)6/h7-32H,33-34H2,1-6H3/q+2. The van der Waals surface area contributed by atoms with Gasteiger partial charge in [-0.2, -0.15) is 9.13 Å². The maximum atomic E-state index is 13.8. The number of hydrogen-bond donors (Lipinski definition) is 0. The predicted molar refractivity (Wildman–Crippen MR) is 223 cm³/mol. The first kappa shape index (κ1) is 35.0. The number of anilines is 2. The average molecular weight is 709 g/mol. The van der Waals surface area contributed by atoms with E-state index in [4.69, 9.17) is 0 Å². The van der Waals surface area contributed by atoms with E-state index in [1.807, 2.05) is 24.5 Å². The quantitative estimate of drug-likeness (QED) is 0.148. The fraction of sp³-hybridized carbons (Fsp3) is 0.204. The normalized spacial score (nSPS) is 17.4. The molecule has 0 saturated heterocycles. The summed E-state index contributed by atoms with van der Waals surface area (Å²) in [4.78, 5) is 18.3. The van der Waals surface area contributed by atoms with Gasteiger partial charge < -0.3 is 9.80 Å². The third-order valence-corrected chi connectivity index (χ3v) is 11.6. The Balaban J connectivity index is 1.01. The van der Waals surface area contributed by atoms with Crippen molar-refractivity contribution in [1.82, 2.24) is 0 Å². The number of Topliss-reactive ketones (excluding diaryl/α,β-unsaturated/α-hetero) is 1. The highest BCUT2D eigenvalue weighted by atomic mass is 16.1. The summed E-state index contributed by atoms with van der Waals surface area (Å²) in [6.45, 7) is 9.71. The molecule has 8 rings (SSSR count). The van der Waals surface area contributed by atoms with Crippen molar-refractivity contribution in [1.29, 1.82) is 0 Å². The van der Waals surface area contributed by atoms with E-state index in [9.17, 15) is 4.79 Å². The third-order valence-electron chi connectivity index (χ3n) is 11.6. The molecule has 0 unspecified atom stereocenters. The molecular formula is C49H48N4O+2. The molecule has 0 radical (unpaired) electrons. The topological polar surface area (TPSA) is 31.3 Å². The Labute approximate surface area is 319 Å². The Morgan fingerprint density at radius 2 is 0.944 bits per heavy atom. The predicted octanol–water partition coefficient (Wildman–Crippen LogP) is 9.49. The van der Waals surface area contributed by atoms with Crippen LogP contribution in [0.3, 0.4) is 0 Å². The first-order valence-corrected chi connectivity index (χ1v) is 18.8. The summed E-state index contributed by atoms with van der Waals surface area (Å²) in [6, 6.07) is 38.2. The molecule has 0 amide bonds. The summed E-state index contributed by atoms with van der Waals surface area (Å²) < 4.78 is 4.15. The number of fused-ring (bicyclic) bond motifs is 4. The molecule has 0 aliphatic carbocycles. The fourth-order valence-corrected chi connectivity index (χ4v) is 8.70. The lowest BCUT2D eigenvalue weighted by Crippen LogP contribution is -2.45. The summed E-state index contributed by atoms with van der Waals surface area (Å²) >= 11 is 0. The molecule has 5 nitrogen and oxygen atoms in total. The second-order valence-corrected chi connectivity index (χ2v) is 15.6. The number of carbonyl (C=O) groups excluding carboxylic acids is 1. The molecule has 54 heavy (non-hydrogen) atoms. The number of nitrogens with zero attached hydrogens (tertiary/aromatic N) is 4. The van der Waals surface area contributed by atoms with Crippen molar-refractivity contribution in [3.05, 3.63) is 180 Å². The van der Waals surface area contributed by atoms with Gasteiger partial charge in [-0.1, -0.05) is 113 Å². The Kier molecular flexibility index (Phi) is 8.89. The minimum absolute atomic E-state index is 0.0759.